The van der Waals surface area contributed by atoms with E-state index in [1.165, 1.54) is 6.07 Å². The molecular weight excluding hydrogens is 395 g/mol. The van der Waals surface area contributed by atoms with Crippen molar-refractivity contribution in [2.75, 3.05) is 13.1 Å². The first-order valence-electron chi connectivity index (χ1n) is 11.5. The van der Waals surface area contributed by atoms with Crippen LogP contribution < -0.4 is 5.32 Å². The number of hydrogen-bond acceptors (Lipinski definition) is 3. The van der Waals surface area contributed by atoms with Crippen LogP contribution in [-0.2, 0) is 17.6 Å². The summed E-state index contributed by atoms with van der Waals surface area (Å²) in [5, 5.41) is 7.59. The summed E-state index contributed by atoms with van der Waals surface area (Å²) < 4.78 is 16.0. The summed E-state index contributed by atoms with van der Waals surface area (Å²) in [5.41, 5.74) is 2.64. The number of likely N-dealkylation sites (tertiary alicyclic amines) is 1. The summed E-state index contributed by atoms with van der Waals surface area (Å²) in [6, 6.07) is 6.57. The minimum atomic E-state index is -0.353. The highest BCUT2D eigenvalue weighted by molar-refractivity contribution is 5.95. The summed E-state index contributed by atoms with van der Waals surface area (Å²) in [5.74, 6) is -0.667. The lowest BCUT2D eigenvalue weighted by Crippen LogP contribution is -2.49. The maximum atomic E-state index is 14.4. The van der Waals surface area contributed by atoms with E-state index >= 15 is 0 Å². The van der Waals surface area contributed by atoms with E-state index in [-0.39, 0.29) is 29.6 Å². The summed E-state index contributed by atoms with van der Waals surface area (Å²) >= 11 is 0. The van der Waals surface area contributed by atoms with Crippen LogP contribution in [0.1, 0.15) is 67.7 Å². The third-order valence-electron chi connectivity index (χ3n) is 6.56. The second kappa shape index (κ2) is 9.20. The van der Waals surface area contributed by atoms with E-state index in [0.717, 1.165) is 56.2 Å². The number of nitrogens with zero attached hydrogens (tertiary/aromatic N) is 3. The third kappa shape index (κ3) is 4.23. The van der Waals surface area contributed by atoms with E-state index in [1.54, 1.807) is 27.8 Å². The molecule has 6 nitrogen and oxygen atoms in total. The SMILES string of the molecule is CCCCNC(=O)C1CCC(C)N(C(=O)c2nn(-c3ccccc3F)c3c2CCC3)C1. The molecule has 2 heterocycles. The Hall–Kier alpha value is -2.70. The zero-order valence-corrected chi connectivity index (χ0v) is 18.4. The minimum absolute atomic E-state index is 0.0280. The Morgan fingerprint density at radius 3 is 2.81 bits per heavy atom. The molecule has 4 rings (SSSR count). The Labute approximate surface area is 182 Å². The lowest BCUT2D eigenvalue weighted by atomic mass is 9.92. The molecule has 1 aromatic heterocycles. The average Bonchev–Trinajstić information content (AvgIpc) is 3.37. The van der Waals surface area contributed by atoms with Crippen LogP contribution in [0.4, 0.5) is 4.39 Å². The molecule has 2 aliphatic rings. The van der Waals surface area contributed by atoms with Crippen molar-refractivity contribution in [3.05, 3.63) is 47.0 Å². The molecule has 1 aliphatic carbocycles. The van der Waals surface area contributed by atoms with Crippen molar-refractivity contribution < 1.29 is 14.0 Å². The summed E-state index contributed by atoms with van der Waals surface area (Å²) in [4.78, 5) is 27.9. The van der Waals surface area contributed by atoms with Crippen LogP contribution in [0.3, 0.4) is 0 Å². The quantitative estimate of drug-likeness (QED) is 0.717. The van der Waals surface area contributed by atoms with Crippen molar-refractivity contribution in [2.24, 2.45) is 5.92 Å². The molecule has 0 radical (unpaired) electrons. The Kier molecular flexibility index (Phi) is 6.39. The number of carbonyl (C=O) groups excluding carboxylic acids is 2. The van der Waals surface area contributed by atoms with Gasteiger partial charge in [0.1, 0.15) is 11.5 Å². The number of piperidine rings is 1. The molecule has 31 heavy (non-hydrogen) atoms. The van der Waals surface area contributed by atoms with Crippen LogP contribution >= 0.6 is 0 Å². The number of hydrogen-bond donors (Lipinski definition) is 1. The smallest absolute Gasteiger partial charge is 0.274 e. The number of benzene rings is 1. The molecular formula is C24H31FN4O2. The number of unbranched alkanes of at least 4 members (excludes halogenated alkanes) is 1. The molecule has 2 atom stereocenters. The predicted molar refractivity (Wildman–Crippen MR) is 117 cm³/mol. The van der Waals surface area contributed by atoms with Crippen molar-refractivity contribution in [3.8, 4) is 5.69 Å². The molecule has 1 saturated heterocycles. The average molecular weight is 427 g/mol. The van der Waals surface area contributed by atoms with Crippen molar-refractivity contribution in [3.63, 3.8) is 0 Å². The Morgan fingerprint density at radius 2 is 2.03 bits per heavy atom. The lowest BCUT2D eigenvalue weighted by molar-refractivity contribution is -0.126. The largest absolute Gasteiger partial charge is 0.356 e. The molecule has 2 unspecified atom stereocenters. The number of halogens is 1. The van der Waals surface area contributed by atoms with Crippen LogP contribution in [0.25, 0.3) is 5.69 Å². The van der Waals surface area contributed by atoms with Gasteiger partial charge in [0.05, 0.1) is 5.92 Å². The Morgan fingerprint density at radius 1 is 1.23 bits per heavy atom. The highest BCUT2D eigenvalue weighted by Gasteiger charge is 2.36. The molecule has 2 aromatic rings. The summed E-state index contributed by atoms with van der Waals surface area (Å²) in [6.07, 6.45) is 6.04. The van der Waals surface area contributed by atoms with Gasteiger partial charge >= 0.3 is 0 Å². The highest BCUT2D eigenvalue weighted by Crippen LogP contribution is 2.31. The van der Waals surface area contributed by atoms with Crippen molar-refractivity contribution in [2.45, 2.75) is 64.8 Å². The fraction of sp³-hybridized carbons (Fsp3) is 0.542. The van der Waals surface area contributed by atoms with Crippen LogP contribution in [0.15, 0.2) is 24.3 Å². The molecule has 2 amide bonds. The van der Waals surface area contributed by atoms with E-state index in [0.29, 0.717) is 24.5 Å². The van der Waals surface area contributed by atoms with E-state index in [4.69, 9.17) is 0 Å². The van der Waals surface area contributed by atoms with Gasteiger partial charge in [-0.2, -0.15) is 5.10 Å². The van der Waals surface area contributed by atoms with Crippen LogP contribution in [0, 0.1) is 11.7 Å². The first-order valence-corrected chi connectivity index (χ1v) is 11.5. The minimum Gasteiger partial charge on any atom is -0.356 e. The van der Waals surface area contributed by atoms with Crippen molar-refractivity contribution >= 4 is 11.8 Å². The van der Waals surface area contributed by atoms with Gasteiger partial charge in [-0.3, -0.25) is 9.59 Å². The fourth-order valence-corrected chi connectivity index (χ4v) is 4.70. The van der Waals surface area contributed by atoms with Crippen molar-refractivity contribution in [1.29, 1.82) is 0 Å². The van der Waals surface area contributed by atoms with Gasteiger partial charge in [0.2, 0.25) is 5.91 Å². The normalized spacial score (nSPS) is 20.5. The third-order valence-corrected chi connectivity index (χ3v) is 6.56. The maximum absolute atomic E-state index is 14.4. The lowest BCUT2D eigenvalue weighted by Gasteiger charge is -2.37. The van der Waals surface area contributed by atoms with E-state index in [1.807, 2.05) is 6.92 Å². The monoisotopic (exact) mass is 426 g/mol. The fourth-order valence-electron chi connectivity index (χ4n) is 4.70. The van der Waals surface area contributed by atoms with Gasteiger partial charge in [-0.15, -0.1) is 0 Å². The van der Waals surface area contributed by atoms with Gasteiger partial charge in [-0.05, 0) is 57.6 Å². The standard InChI is InChI=1S/C24H31FN4O2/c1-3-4-14-26-23(30)17-13-12-16(2)28(15-17)24(31)22-18-8-7-11-20(18)29(27-22)21-10-6-5-9-19(21)25/h5-6,9-10,16-17H,3-4,7-8,11-15H2,1-2H3,(H,26,30). The maximum Gasteiger partial charge on any atom is 0.274 e. The zero-order valence-electron chi connectivity index (χ0n) is 18.4. The van der Waals surface area contributed by atoms with Gasteiger partial charge in [-0.25, -0.2) is 9.07 Å². The Bertz CT molecular complexity index is 970. The van der Waals surface area contributed by atoms with Gasteiger partial charge < -0.3 is 10.2 Å². The molecule has 1 aliphatic heterocycles. The number of rotatable bonds is 6. The number of aromatic nitrogens is 2. The second-order valence-corrected chi connectivity index (χ2v) is 8.72. The van der Waals surface area contributed by atoms with Crippen LogP contribution in [-0.4, -0.2) is 45.6 Å². The first-order chi connectivity index (χ1) is 15.0. The molecule has 0 bridgehead atoms. The van der Waals surface area contributed by atoms with Gasteiger partial charge in [-0.1, -0.05) is 25.5 Å². The molecule has 7 heteroatoms. The second-order valence-electron chi connectivity index (χ2n) is 8.72. The number of amides is 2. The highest BCUT2D eigenvalue weighted by atomic mass is 19.1. The van der Waals surface area contributed by atoms with Gasteiger partial charge in [0.15, 0.2) is 5.69 Å². The topological polar surface area (TPSA) is 67.2 Å². The number of para-hydroxylation sites is 1. The van der Waals surface area contributed by atoms with Gasteiger partial charge in [0, 0.05) is 30.4 Å². The molecule has 0 spiro atoms. The van der Waals surface area contributed by atoms with Crippen LogP contribution in [0.5, 0.6) is 0 Å². The molecule has 0 saturated carbocycles. The summed E-state index contributed by atoms with van der Waals surface area (Å²) in [6.45, 7) is 5.19. The predicted octanol–water partition coefficient (Wildman–Crippen LogP) is 3.66. The van der Waals surface area contributed by atoms with E-state index < -0.39 is 0 Å². The molecule has 1 N–H and O–H groups in total. The molecule has 1 aromatic carbocycles. The number of fused-ring (bicyclic) bond motifs is 1. The number of nitrogens with one attached hydrogen (secondary N) is 1. The first kappa shape index (κ1) is 21.5. The number of carbonyl (C=O) groups is 2. The zero-order chi connectivity index (χ0) is 22.0. The van der Waals surface area contributed by atoms with Crippen molar-refractivity contribution in [1.82, 2.24) is 20.0 Å². The molecule has 1 fully saturated rings. The summed E-state index contributed by atoms with van der Waals surface area (Å²) in [7, 11) is 0. The van der Waals surface area contributed by atoms with E-state index in [2.05, 4.69) is 17.3 Å². The van der Waals surface area contributed by atoms with E-state index in [9.17, 15) is 14.0 Å². The Balaban J connectivity index is 1.58. The van der Waals surface area contributed by atoms with Gasteiger partial charge in [0.25, 0.3) is 5.91 Å². The molecule has 166 valence electrons. The van der Waals surface area contributed by atoms with Crippen LogP contribution in [0.2, 0.25) is 0 Å².